The van der Waals surface area contributed by atoms with Gasteiger partial charge in [0.15, 0.2) is 0 Å². The average molecular weight is 274 g/mol. The molecule has 1 aliphatic rings. The highest BCUT2D eigenvalue weighted by molar-refractivity contribution is 5.84. The van der Waals surface area contributed by atoms with Crippen LogP contribution in [0.25, 0.3) is 0 Å². The van der Waals surface area contributed by atoms with Gasteiger partial charge in [0.05, 0.1) is 0 Å². The van der Waals surface area contributed by atoms with Crippen molar-refractivity contribution in [1.82, 2.24) is 4.90 Å². The van der Waals surface area contributed by atoms with Crippen LogP contribution < -0.4 is 5.32 Å². The van der Waals surface area contributed by atoms with Crippen molar-refractivity contribution in [3.8, 4) is 0 Å². The van der Waals surface area contributed by atoms with Gasteiger partial charge < -0.3 is 10.2 Å². The number of carbonyl (C=O) groups is 1. The highest BCUT2D eigenvalue weighted by Crippen LogP contribution is 2.19. The van der Waals surface area contributed by atoms with Crippen molar-refractivity contribution in [3.05, 3.63) is 29.3 Å². The first kappa shape index (κ1) is 14.9. The van der Waals surface area contributed by atoms with E-state index in [2.05, 4.69) is 38.2 Å². The standard InChI is InChI=1S/C17H26N2O/c1-12-7-9-19(10-8-12)17(20)15(4)18-16-6-5-13(2)14(3)11-16/h5-6,11-12,15,18H,7-10H2,1-4H3. The first-order valence-corrected chi connectivity index (χ1v) is 7.60. The Hall–Kier alpha value is -1.51. The fraction of sp³-hybridized carbons (Fsp3) is 0.588. The SMILES string of the molecule is Cc1ccc(NC(C)C(=O)N2CCC(C)CC2)cc1C. The van der Waals surface area contributed by atoms with Crippen molar-refractivity contribution in [1.29, 1.82) is 0 Å². The van der Waals surface area contributed by atoms with Gasteiger partial charge in [-0.05, 0) is 62.8 Å². The molecule has 0 aliphatic carbocycles. The summed E-state index contributed by atoms with van der Waals surface area (Å²) < 4.78 is 0. The number of hydrogen-bond acceptors (Lipinski definition) is 2. The predicted molar refractivity (Wildman–Crippen MR) is 84.0 cm³/mol. The lowest BCUT2D eigenvalue weighted by molar-refractivity contribution is -0.132. The molecule has 1 unspecified atom stereocenters. The quantitative estimate of drug-likeness (QED) is 0.916. The van der Waals surface area contributed by atoms with Gasteiger partial charge in [-0.25, -0.2) is 0 Å². The van der Waals surface area contributed by atoms with E-state index >= 15 is 0 Å². The zero-order valence-corrected chi connectivity index (χ0v) is 13.1. The minimum absolute atomic E-state index is 0.162. The smallest absolute Gasteiger partial charge is 0.244 e. The molecule has 2 rings (SSSR count). The predicted octanol–water partition coefficient (Wildman–Crippen LogP) is 3.36. The van der Waals surface area contributed by atoms with Crippen LogP contribution in [0.5, 0.6) is 0 Å². The van der Waals surface area contributed by atoms with E-state index in [0.29, 0.717) is 0 Å². The zero-order chi connectivity index (χ0) is 14.7. The van der Waals surface area contributed by atoms with E-state index in [0.717, 1.165) is 37.5 Å². The summed E-state index contributed by atoms with van der Waals surface area (Å²) in [5, 5.41) is 3.33. The molecule has 1 aromatic rings. The van der Waals surface area contributed by atoms with Crippen molar-refractivity contribution in [2.75, 3.05) is 18.4 Å². The first-order chi connectivity index (χ1) is 9.47. The monoisotopic (exact) mass is 274 g/mol. The van der Waals surface area contributed by atoms with Gasteiger partial charge in [0.1, 0.15) is 6.04 Å². The Labute approximate surface area is 122 Å². The molecule has 1 fully saturated rings. The third kappa shape index (κ3) is 3.53. The molecule has 1 aliphatic heterocycles. The molecule has 1 amide bonds. The van der Waals surface area contributed by atoms with E-state index in [1.54, 1.807) is 0 Å². The molecule has 1 heterocycles. The second-order valence-corrected chi connectivity index (χ2v) is 6.17. The Bertz CT molecular complexity index is 476. The van der Waals surface area contributed by atoms with Crippen LogP contribution in [0, 0.1) is 19.8 Å². The van der Waals surface area contributed by atoms with Crippen LogP contribution in [0.1, 0.15) is 37.8 Å². The Morgan fingerprint density at radius 3 is 2.50 bits per heavy atom. The van der Waals surface area contributed by atoms with Gasteiger partial charge >= 0.3 is 0 Å². The molecule has 20 heavy (non-hydrogen) atoms. The number of hydrogen-bond donors (Lipinski definition) is 1. The van der Waals surface area contributed by atoms with Gasteiger partial charge in [0.25, 0.3) is 0 Å². The molecule has 0 aromatic heterocycles. The van der Waals surface area contributed by atoms with E-state index in [-0.39, 0.29) is 11.9 Å². The molecule has 1 N–H and O–H groups in total. The van der Waals surface area contributed by atoms with Crippen LogP contribution in [0.2, 0.25) is 0 Å². The molecule has 0 radical (unpaired) electrons. The molecular weight excluding hydrogens is 248 g/mol. The molecule has 1 aromatic carbocycles. The summed E-state index contributed by atoms with van der Waals surface area (Å²) >= 11 is 0. The molecule has 1 atom stereocenters. The fourth-order valence-electron chi connectivity index (χ4n) is 2.65. The molecule has 1 saturated heterocycles. The van der Waals surface area contributed by atoms with Crippen LogP contribution in [-0.2, 0) is 4.79 Å². The minimum Gasteiger partial charge on any atom is -0.374 e. The summed E-state index contributed by atoms with van der Waals surface area (Å²) in [4.78, 5) is 14.4. The van der Waals surface area contributed by atoms with Gasteiger partial charge in [-0.15, -0.1) is 0 Å². The average Bonchev–Trinajstić information content (AvgIpc) is 2.43. The molecule has 3 nitrogen and oxygen atoms in total. The van der Waals surface area contributed by atoms with Gasteiger partial charge in [-0.3, -0.25) is 4.79 Å². The summed E-state index contributed by atoms with van der Waals surface area (Å²) in [6.45, 7) is 10.2. The van der Waals surface area contributed by atoms with Crippen LogP contribution in [-0.4, -0.2) is 29.9 Å². The maximum Gasteiger partial charge on any atom is 0.244 e. The second kappa shape index (κ2) is 6.29. The molecule has 3 heteroatoms. The number of nitrogens with one attached hydrogen (secondary N) is 1. The van der Waals surface area contributed by atoms with Crippen molar-refractivity contribution < 1.29 is 4.79 Å². The zero-order valence-electron chi connectivity index (χ0n) is 13.1. The lowest BCUT2D eigenvalue weighted by Gasteiger charge is -2.32. The topological polar surface area (TPSA) is 32.3 Å². The normalized spacial score (nSPS) is 17.9. The molecule has 110 valence electrons. The van der Waals surface area contributed by atoms with Gasteiger partial charge in [0, 0.05) is 18.8 Å². The van der Waals surface area contributed by atoms with Crippen LogP contribution in [0.15, 0.2) is 18.2 Å². The lowest BCUT2D eigenvalue weighted by Crippen LogP contribution is -2.45. The number of aryl methyl sites for hydroxylation is 2. The Morgan fingerprint density at radius 1 is 1.25 bits per heavy atom. The summed E-state index contributed by atoms with van der Waals surface area (Å²) in [6, 6.07) is 6.09. The Kier molecular flexibility index (Phi) is 4.69. The Balaban J connectivity index is 1.95. The summed E-state index contributed by atoms with van der Waals surface area (Å²) in [6.07, 6.45) is 2.25. The summed E-state index contributed by atoms with van der Waals surface area (Å²) in [5.41, 5.74) is 3.56. The third-order valence-electron chi connectivity index (χ3n) is 4.36. The van der Waals surface area contributed by atoms with Gasteiger partial charge in [-0.1, -0.05) is 13.0 Å². The molecule has 0 bridgehead atoms. The summed E-state index contributed by atoms with van der Waals surface area (Å²) in [7, 11) is 0. The van der Waals surface area contributed by atoms with Crippen LogP contribution >= 0.6 is 0 Å². The van der Waals surface area contributed by atoms with Crippen molar-refractivity contribution >= 4 is 11.6 Å². The third-order valence-corrected chi connectivity index (χ3v) is 4.36. The van der Waals surface area contributed by atoms with E-state index < -0.39 is 0 Å². The second-order valence-electron chi connectivity index (χ2n) is 6.17. The van der Waals surface area contributed by atoms with Crippen molar-refractivity contribution in [2.45, 2.75) is 46.6 Å². The summed E-state index contributed by atoms with van der Waals surface area (Å²) in [5.74, 6) is 0.970. The number of likely N-dealkylation sites (tertiary alicyclic amines) is 1. The fourth-order valence-corrected chi connectivity index (χ4v) is 2.65. The number of nitrogens with zero attached hydrogens (tertiary/aromatic N) is 1. The molecular formula is C17H26N2O. The number of carbonyl (C=O) groups excluding carboxylic acids is 1. The number of rotatable bonds is 3. The Morgan fingerprint density at radius 2 is 1.90 bits per heavy atom. The number of amides is 1. The maximum atomic E-state index is 12.4. The minimum atomic E-state index is -0.162. The van der Waals surface area contributed by atoms with Crippen LogP contribution in [0.3, 0.4) is 0 Å². The molecule has 0 spiro atoms. The largest absolute Gasteiger partial charge is 0.374 e. The van der Waals surface area contributed by atoms with Gasteiger partial charge in [-0.2, -0.15) is 0 Å². The van der Waals surface area contributed by atoms with E-state index in [1.807, 2.05) is 17.9 Å². The van der Waals surface area contributed by atoms with E-state index in [4.69, 9.17) is 0 Å². The van der Waals surface area contributed by atoms with E-state index in [1.165, 1.54) is 11.1 Å². The van der Waals surface area contributed by atoms with Crippen molar-refractivity contribution in [2.24, 2.45) is 5.92 Å². The number of anilines is 1. The highest BCUT2D eigenvalue weighted by atomic mass is 16.2. The highest BCUT2D eigenvalue weighted by Gasteiger charge is 2.24. The van der Waals surface area contributed by atoms with Crippen LogP contribution in [0.4, 0.5) is 5.69 Å². The van der Waals surface area contributed by atoms with Crippen molar-refractivity contribution in [3.63, 3.8) is 0 Å². The first-order valence-electron chi connectivity index (χ1n) is 7.60. The number of piperidine rings is 1. The van der Waals surface area contributed by atoms with E-state index in [9.17, 15) is 4.79 Å². The molecule has 0 saturated carbocycles. The van der Waals surface area contributed by atoms with Gasteiger partial charge in [0.2, 0.25) is 5.91 Å². The lowest BCUT2D eigenvalue weighted by atomic mass is 9.99. The maximum absolute atomic E-state index is 12.4. The number of benzene rings is 1.